The normalized spacial score (nSPS) is 17.3. The van der Waals surface area contributed by atoms with Crippen LogP contribution in [0.15, 0.2) is 72.6 Å². The van der Waals surface area contributed by atoms with Crippen LogP contribution in [0.5, 0.6) is 5.75 Å². The summed E-state index contributed by atoms with van der Waals surface area (Å²) in [7, 11) is 0. The van der Waals surface area contributed by atoms with Gasteiger partial charge in [-0.15, -0.1) is 0 Å². The lowest BCUT2D eigenvalue weighted by molar-refractivity contribution is -0.140. The standard InChI is InChI=1S/C26H22Cl2N2O4/c1-2-12-34-19-8-5-17(6-9-19)24(31)22-23(18-7-10-20(27)21(28)13-18)30(26(33)25(22)32)15-16-4-3-11-29-14-16/h3-11,13-14,23,31H,2,12,15H2,1H3/b24-22-. The summed E-state index contributed by atoms with van der Waals surface area (Å²) in [5, 5.41) is 11.8. The van der Waals surface area contributed by atoms with E-state index in [1.807, 2.05) is 13.0 Å². The van der Waals surface area contributed by atoms with Crippen molar-refractivity contribution in [1.82, 2.24) is 9.88 Å². The summed E-state index contributed by atoms with van der Waals surface area (Å²) >= 11 is 12.3. The van der Waals surface area contributed by atoms with Crippen molar-refractivity contribution < 1.29 is 19.4 Å². The van der Waals surface area contributed by atoms with Crippen molar-refractivity contribution >= 4 is 40.7 Å². The topological polar surface area (TPSA) is 79.7 Å². The lowest BCUT2D eigenvalue weighted by Gasteiger charge is -2.25. The third-order valence-electron chi connectivity index (χ3n) is 5.48. The molecule has 2 aromatic carbocycles. The van der Waals surface area contributed by atoms with E-state index in [0.717, 1.165) is 12.0 Å². The van der Waals surface area contributed by atoms with E-state index in [1.54, 1.807) is 60.9 Å². The lowest BCUT2D eigenvalue weighted by atomic mass is 9.95. The van der Waals surface area contributed by atoms with Crippen LogP contribution < -0.4 is 4.74 Å². The quantitative estimate of drug-likeness (QED) is 0.254. The molecule has 0 aliphatic carbocycles. The maximum atomic E-state index is 13.2. The molecule has 4 rings (SSSR count). The smallest absolute Gasteiger partial charge is 0.295 e. The van der Waals surface area contributed by atoms with Crippen LogP contribution in [-0.2, 0) is 16.1 Å². The summed E-state index contributed by atoms with van der Waals surface area (Å²) < 4.78 is 5.59. The minimum atomic E-state index is -0.856. The number of pyridine rings is 1. The largest absolute Gasteiger partial charge is 0.507 e. The van der Waals surface area contributed by atoms with E-state index in [4.69, 9.17) is 27.9 Å². The highest BCUT2D eigenvalue weighted by atomic mass is 35.5. The van der Waals surface area contributed by atoms with Crippen LogP contribution in [0.25, 0.3) is 5.76 Å². The molecule has 2 heterocycles. The molecule has 1 amide bonds. The van der Waals surface area contributed by atoms with Crippen LogP contribution in [-0.4, -0.2) is 33.3 Å². The average molecular weight is 497 g/mol. The summed E-state index contributed by atoms with van der Waals surface area (Å²) in [5.74, 6) is -1.12. The molecule has 0 radical (unpaired) electrons. The molecular formula is C26H22Cl2N2O4. The van der Waals surface area contributed by atoms with Crippen LogP contribution in [0.3, 0.4) is 0 Å². The summed E-state index contributed by atoms with van der Waals surface area (Å²) in [4.78, 5) is 31.7. The van der Waals surface area contributed by atoms with Crippen LogP contribution in [0.2, 0.25) is 10.0 Å². The predicted octanol–water partition coefficient (Wildman–Crippen LogP) is 5.80. The predicted molar refractivity (Wildman–Crippen MR) is 131 cm³/mol. The van der Waals surface area contributed by atoms with Gasteiger partial charge in [0.15, 0.2) is 0 Å². The first-order chi connectivity index (χ1) is 16.4. The molecule has 1 fully saturated rings. The Labute approximate surface area is 207 Å². The lowest BCUT2D eigenvalue weighted by Crippen LogP contribution is -2.29. The Morgan fingerprint density at radius 1 is 1.09 bits per heavy atom. The van der Waals surface area contributed by atoms with Gasteiger partial charge in [-0.25, -0.2) is 0 Å². The van der Waals surface area contributed by atoms with Gasteiger partial charge in [0.2, 0.25) is 0 Å². The summed E-state index contributed by atoms with van der Waals surface area (Å²) in [6.07, 6.45) is 4.12. The molecule has 8 heteroatoms. The minimum absolute atomic E-state index is 0.0190. The molecular weight excluding hydrogens is 475 g/mol. The number of amides is 1. The number of aromatic nitrogens is 1. The van der Waals surface area contributed by atoms with Crippen LogP contribution >= 0.6 is 23.2 Å². The zero-order valence-corrected chi connectivity index (χ0v) is 19.9. The molecule has 1 N–H and O–H groups in total. The molecule has 3 aromatic rings. The molecule has 1 unspecified atom stereocenters. The highest BCUT2D eigenvalue weighted by Crippen LogP contribution is 2.41. The van der Waals surface area contributed by atoms with Gasteiger partial charge < -0.3 is 14.7 Å². The number of aliphatic hydroxyl groups excluding tert-OH is 1. The zero-order valence-electron chi connectivity index (χ0n) is 18.4. The van der Waals surface area contributed by atoms with Gasteiger partial charge >= 0.3 is 0 Å². The molecule has 1 atom stereocenters. The van der Waals surface area contributed by atoms with Gasteiger partial charge in [0.05, 0.1) is 28.3 Å². The Morgan fingerprint density at radius 2 is 1.85 bits per heavy atom. The van der Waals surface area contributed by atoms with Crippen LogP contribution in [0.1, 0.15) is 36.1 Å². The second-order valence-corrected chi connectivity index (χ2v) is 8.65. The maximum absolute atomic E-state index is 13.2. The molecule has 6 nitrogen and oxygen atoms in total. The van der Waals surface area contributed by atoms with Crippen molar-refractivity contribution in [2.75, 3.05) is 6.61 Å². The number of halogens is 2. The van der Waals surface area contributed by atoms with Gasteiger partial charge in [-0.1, -0.05) is 42.3 Å². The van der Waals surface area contributed by atoms with Crippen molar-refractivity contribution in [3.8, 4) is 5.75 Å². The van der Waals surface area contributed by atoms with Gasteiger partial charge in [-0.3, -0.25) is 14.6 Å². The van der Waals surface area contributed by atoms with Crippen LogP contribution in [0, 0.1) is 0 Å². The molecule has 34 heavy (non-hydrogen) atoms. The number of hydrogen-bond acceptors (Lipinski definition) is 5. The first-order valence-electron chi connectivity index (χ1n) is 10.8. The van der Waals surface area contributed by atoms with Gasteiger partial charge in [-0.2, -0.15) is 0 Å². The third kappa shape index (κ3) is 4.79. The molecule has 0 bridgehead atoms. The Bertz CT molecular complexity index is 1240. The zero-order chi connectivity index (χ0) is 24.2. The van der Waals surface area contributed by atoms with Crippen molar-refractivity contribution in [1.29, 1.82) is 0 Å². The molecule has 1 aromatic heterocycles. The maximum Gasteiger partial charge on any atom is 0.295 e. The number of carbonyl (C=O) groups excluding carboxylic acids is 2. The van der Waals surface area contributed by atoms with Crippen LogP contribution in [0.4, 0.5) is 0 Å². The Hall–Kier alpha value is -3.35. The summed E-state index contributed by atoms with van der Waals surface area (Å²) in [5.41, 5.74) is 1.68. The van der Waals surface area contributed by atoms with E-state index in [-0.39, 0.29) is 22.9 Å². The van der Waals surface area contributed by atoms with E-state index < -0.39 is 17.7 Å². The number of likely N-dealkylation sites (tertiary alicyclic amines) is 1. The highest BCUT2D eigenvalue weighted by Gasteiger charge is 2.46. The molecule has 1 aliphatic rings. The molecule has 174 valence electrons. The van der Waals surface area contributed by atoms with E-state index >= 15 is 0 Å². The number of hydrogen-bond donors (Lipinski definition) is 1. The second kappa shape index (κ2) is 10.3. The van der Waals surface area contributed by atoms with Crippen molar-refractivity contribution in [2.24, 2.45) is 0 Å². The first kappa shape index (κ1) is 23.8. The van der Waals surface area contributed by atoms with E-state index in [2.05, 4.69) is 4.98 Å². The molecule has 0 saturated carbocycles. The van der Waals surface area contributed by atoms with Gasteiger partial charge in [0.25, 0.3) is 11.7 Å². The number of ether oxygens (including phenoxy) is 1. The fourth-order valence-corrected chi connectivity index (χ4v) is 4.15. The highest BCUT2D eigenvalue weighted by molar-refractivity contribution is 6.46. The Kier molecular flexibility index (Phi) is 7.20. The number of rotatable bonds is 7. The monoisotopic (exact) mass is 496 g/mol. The number of nitrogens with zero attached hydrogens (tertiary/aromatic N) is 2. The SMILES string of the molecule is CCCOc1ccc(/C(O)=C2/C(=O)C(=O)N(Cc3cccnc3)C2c2ccc(Cl)c(Cl)c2)cc1. The van der Waals surface area contributed by atoms with Crippen molar-refractivity contribution in [3.05, 3.63) is 99.3 Å². The summed E-state index contributed by atoms with van der Waals surface area (Å²) in [6.45, 7) is 2.71. The minimum Gasteiger partial charge on any atom is -0.507 e. The van der Waals surface area contributed by atoms with Gasteiger partial charge in [0, 0.05) is 24.5 Å². The number of benzene rings is 2. The first-order valence-corrected chi connectivity index (χ1v) is 11.5. The number of aliphatic hydroxyl groups is 1. The fraction of sp³-hybridized carbons (Fsp3) is 0.192. The van der Waals surface area contributed by atoms with E-state index in [9.17, 15) is 14.7 Å². The third-order valence-corrected chi connectivity index (χ3v) is 6.21. The number of ketones is 1. The molecule has 0 spiro atoms. The molecule has 1 saturated heterocycles. The Balaban J connectivity index is 1.80. The van der Waals surface area contributed by atoms with E-state index in [1.165, 1.54) is 4.90 Å². The fourth-order valence-electron chi connectivity index (χ4n) is 3.84. The van der Waals surface area contributed by atoms with Crippen molar-refractivity contribution in [3.63, 3.8) is 0 Å². The average Bonchev–Trinajstić information content (AvgIpc) is 3.10. The number of Topliss-reactive ketones (excluding diaryl/α,β-unsaturated/α-hetero) is 1. The summed E-state index contributed by atoms with van der Waals surface area (Å²) in [6, 6.07) is 14.3. The van der Waals surface area contributed by atoms with Crippen molar-refractivity contribution in [2.45, 2.75) is 25.9 Å². The van der Waals surface area contributed by atoms with E-state index in [0.29, 0.717) is 28.5 Å². The molecule has 1 aliphatic heterocycles. The number of carbonyl (C=O) groups is 2. The van der Waals surface area contributed by atoms with Gasteiger partial charge in [-0.05, 0) is 60.0 Å². The second-order valence-electron chi connectivity index (χ2n) is 7.83. The Morgan fingerprint density at radius 3 is 2.50 bits per heavy atom. The van der Waals surface area contributed by atoms with Gasteiger partial charge in [0.1, 0.15) is 11.5 Å².